The summed E-state index contributed by atoms with van der Waals surface area (Å²) in [5, 5.41) is 6.94. The standard InChI is InChI=1S/C25H22ClF3N4O4/c1-12-22-18(23(32(2)31-22)13-5-14(27)7-15(28)6-13)3-4-33(12)24(34)19-8-16(29)9-20(21(19)26)36-11-17-10-30-25(35)37-17/h5-9,12,17H,3-4,10-11H2,1-2H3,(H,30,35)/t12-,17-/m0/s1. The lowest BCUT2D eigenvalue weighted by Gasteiger charge is -2.33. The molecule has 8 nitrogen and oxygen atoms in total. The van der Waals surface area contributed by atoms with Crippen LogP contribution in [0.2, 0.25) is 5.02 Å². The van der Waals surface area contributed by atoms with Crippen LogP contribution in [0, 0.1) is 17.5 Å². The van der Waals surface area contributed by atoms with Gasteiger partial charge < -0.3 is 19.7 Å². The maximum atomic E-state index is 14.5. The van der Waals surface area contributed by atoms with E-state index in [2.05, 4.69) is 10.4 Å². The molecule has 5 rings (SSSR count). The molecule has 3 heterocycles. The van der Waals surface area contributed by atoms with E-state index < -0.39 is 41.6 Å². The summed E-state index contributed by atoms with van der Waals surface area (Å²) in [5.74, 6) is -2.70. The van der Waals surface area contributed by atoms with E-state index in [4.69, 9.17) is 21.1 Å². The molecule has 2 amide bonds. The summed E-state index contributed by atoms with van der Waals surface area (Å²) in [5.41, 5.74) is 2.17. The van der Waals surface area contributed by atoms with E-state index in [1.807, 2.05) is 0 Å². The molecule has 37 heavy (non-hydrogen) atoms. The van der Waals surface area contributed by atoms with Crippen LogP contribution in [0.15, 0.2) is 30.3 Å². The van der Waals surface area contributed by atoms with E-state index in [1.165, 1.54) is 21.7 Å². The molecule has 3 aromatic rings. The highest BCUT2D eigenvalue weighted by Crippen LogP contribution is 2.38. The second-order valence-corrected chi connectivity index (χ2v) is 9.28. The highest BCUT2D eigenvalue weighted by molar-refractivity contribution is 6.35. The molecule has 0 saturated carbocycles. The van der Waals surface area contributed by atoms with Gasteiger partial charge in [-0.25, -0.2) is 18.0 Å². The molecule has 0 radical (unpaired) electrons. The number of carbonyl (C=O) groups excluding carboxylic acids is 2. The molecular weight excluding hydrogens is 513 g/mol. The zero-order valence-electron chi connectivity index (χ0n) is 19.9. The first kappa shape index (κ1) is 24.9. The third-order valence-electron chi connectivity index (χ3n) is 6.45. The summed E-state index contributed by atoms with van der Waals surface area (Å²) in [7, 11) is 1.67. The first-order valence-electron chi connectivity index (χ1n) is 11.5. The Labute approximate surface area is 214 Å². The van der Waals surface area contributed by atoms with Crippen LogP contribution in [-0.2, 0) is 18.2 Å². The Hall–Kier alpha value is -3.73. The van der Waals surface area contributed by atoms with Crippen molar-refractivity contribution in [2.24, 2.45) is 7.05 Å². The van der Waals surface area contributed by atoms with Crippen LogP contribution in [0.1, 0.15) is 34.6 Å². The molecule has 1 saturated heterocycles. The fraction of sp³-hybridized carbons (Fsp3) is 0.320. The van der Waals surface area contributed by atoms with Crippen LogP contribution in [0.3, 0.4) is 0 Å². The van der Waals surface area contributed by atoms with E-state index in [1.54, 1.807) is 14.0 Å². The summed E-state index contributed by atoms with van der Waals surface area (Å²) in [6, 6.07) is 4.84. The minimum Gasteiger partial charge on any atom is -0.488 e. The van der Waals surface area contributed by atoms with Crippen molar-refractivity contribution in [1.82, 2.24) is 20.0 Å². The first-order valence-corrected chi connectivity index (χ1v) is 11.9. The van der Waals surface area contributed by atoms with Crippen LogP contribution in [0.5, 0.6) is 5.75 Å². The number of aryl methyl sites for hydroxylation is 1. The normalized spacial score (nSPS) is 18.9. The number of amides is 2. The van der Waals surface area contributed by atoms with Gasteiger partial charge in [0.1, 0.15) is 29.8 Å². The van der Waals surface area contributed by atoms with Crippen LogP contribution in [0.25, 0.3) is 11.3 Å². The third kappa shape index (κ3) is 4.71. The van der Waals surface area contributed by atoms with Crippen molar-refractivity contribution in [1.29, 1.82) is 0 Å². The van der Waals surface area contributed by atoms with Gasteiger partial charge in [-0.1, -0.05) is 11.6 Å². The summed E-state index contributed by atoms with van der Waals surface area (Å²) >= 11 is 6.44. The molecule has 194 valence electrons. The molecule has 0 spiro atoms. The number of ether oxygens (including phenoxy) is 2. The van der Waals surface area contributed by atoms with Gasteiger partial charge in [-0.15, -0.1) is 0 Å². The largest absolute Gasteiger partial charge is 0.488 e. The molecule has 2 aliphatic rings. The number of benzene rings is 2. The monoisotopic (exact) mass is 534 g/mol. The maximum absolute atomic E-state index is 14.5. The molecule has 0 unspecified atom stereocenters. The number of alkyl carbamates (subject to hydrolysis) is 1. The Balaban J connectivity index is 1.41. The van der Waals surface area contributed by atoms with Gasteiger partial charge in [0, 0.05) is 36.9 Å². The average Bonchev–Trinajstić information content (AvgIpc) is 3.41. The maximum Gasteiger partial charge on any atom is 0.407 e. The highest BCUT2D eigenvalue weighted by atomic mass is 35.5. The molecule has 1 N–H and O–H groups in total. The third-order valence-corrected chi connectivity index (χ3v) is 6.84. The molecule has 0 bridgehead atoms. The number of fused-ring (bicyclic) bond motifs is 1. The Kier molecular flexibility index (Phi) is 6.49. The molecule has 2 aliphatic heterocycles. The number of nitrogens with one attached hydrogen (secondary N) is 1. The van der Waals surface area contributed by atoms with Gasteiger partial charge in [-0.2, -0.15) is 5.10 Å². The molecular formula is C25H22ClF3N4O4. The fourth-order valence-electron chi connectivity index (χ4n) is 4.76. The van der Waals surface area contributed by atoms with Gasteiger partial charge in [-0.3, -0.25) is 9.48 Å². The number of hydrogen-bond acceptors (Lipinski definition) is 5. The predicted molar refractivity (Wildman–Crippen MR) is 127 cm³/mol. The number of rotatable bonds is 5. The van der Waals surface area contributed by atoms with Crippen molar-refractivity contribution in [2.75, 3.05) is 19.7 Å². The topological polar surface area (TPSA) is 85.7 Å². The minimum absolute atomic E-state index is 0.0495. The van der Waals surface area contributed by atoms with Crippen LogP contribution in [-0.4, -0.2) is 52.5 Å². The van der Waals surface area contributed by atoms with Crippen LogP contribution >= 0.6 is 11.6 Å². The molecule has 0 aliphatic carbocycles. The summed E-state index contributed by atoms with van der Waals surface area (Å²) < 4.78 is 54.3. The quantitative estimate of drug-likeness (QED) is 0.524. The predicted octanol–water partition coefficient (Wildman–Crippen LogP) is 4.40. The first-order chi connectivity index (χ1) is 17.6. The Bertz CT molecular complexity index is 1390. The van der Waals surface area contributed by atoms with E-state index in [0.29, 0.717) is 23.4 Å². The summed E-state index contributed by atoms with van der Waals surface area (Å²) in [6.45, 7) is 2.18. The van der Waals surface area contributed by atoms with Crippen molar-refractivity contribution in [3.63, 3.8) is 0 Å². The summed E-state index contributed by atoms with van der Waals surface area (Å²) in [6.07, 6.45) is -0.784. The van der Waals surface area contributed by atoms with Gasteiger partial charge in [-0.05, 0) is 31.5 Å². The van der Waals surface area contributed by atoms with Gasteiger partial charge in [0.25, 0.3) is 5.91 Å². The van der Waals surface area contributed by atoms with E-state index in [0.717, 1.165) is 23.8 Å². The fourth-order valence-corrected chi connectivity index (χ4v) is 5.00. The second kappa shape index (κ2) is 9.62. The van der Waals surface area contributed by atoms with E-state index in [9.17, 15) is 22.8 Å². The number of carbonyl (C=O) groups is 2. The van der Waals surface area contributed by atoms with E-state index in [-0.39, 0.29) is 36.0 Å². The molecule has 1 aromatic heterocycles. The number of aromatic nitrogens is 2. The number of hydrogen-bond donors (Lipinski definition) is 1. The van der Waals surface area contributed by atoms with Crippen LogP contribution < -0.4 is 10.1 Å². The Morgan fingerprint density at radius 1 is 1.19 bits per heavy atom. The van der Waals surface area contributed by atoms with Gasteiger partial charge in [0.05, 0.1) is 34.6 Å². The molecule has 2 aromatic carbocycles. The minimum atomic E-state index is -0.720. The lowest BCUT2D eigenvalue weighted by atomic mass is 9.95. The van der Waals surface area contributed by atoms with Gasteiger partial charge in [0.2, 0.25) is 0 Å². The number of nitrogens with zero attached hydrogens (tertiary/aromatic N) is 3. The molecule has 2 atom stereocenters. The number of cyclic esters (lactones) is 1. The average molecular weight is 535 g/mol. The lowest BCUT2D eigenvalue weighted by molar-refractivity contribution is 0.0672. The van der Waals surface area contributed by atoms with E-state index >= 15 is 0 Å². The van der Waals surface area contributed by atoms with Crippen molar-refractivity contribution < 1.29 is 32.2 Å². The smallest absolute Gasteiger partial charge is 0.407 e. The zero-order valence-corrected chi connectivity index (χ0v) is 20.6. The summed E-state index contributed by atoms with van der Waals surface area (Å²) in [4.78, 5) is 26.2. The molecule has 1 fully saturated rings. The van der Waals surface area contributed by atoms with Crippen molar-refractivity contribution in [2.45, 2.75) is 25.5 Å². The second-order valence-electron chi connectivity index (χ2n) is 8.90. The lowest BCUT2D eigenvalue weighted by Crippen LogP contribution is -2.39. The van der Waals surface area contributed by atoms with Gasteiger partial charge in [0.15, 0.2) is 6.10 Å². The van der Waals surface area contributed by atoms with Crippen molar-refractivity contribution in [3.8, 4) is 17.0 Å². The highest BCUT2D eigenvalue weighted by Gasteiger charge is 2.35. The van der Waals surface area contributed by atoms with Crippen LogP contribution in [0.4, 0.5) is 18.0 Å². The Morgan fingerprint density at radius 3 is 2.57 bits per heavy atom. The Morgan fingerprint density at radius 2 is 1.89 bits per heavy atom. The SMILES string of the molecule is C[C@H]1c2nn(C)c(-c3cc(F)cc(F)c3)c2CCN1C(=O)c1cc(F)cc(OC[C@@H]2CNC(=O)O2)c1Cl. The molecule has 12 heteroatoms. The van der Waals surface area contributed by atoms with Gasteiger partial charge >= 0.3 is 6.09 Å². The van der Waals surface area contributed by atoms with Crippen molar-refractivity contribution >= 4 is 23.6 Å². The number of halogens is 4. The zero-order chi connectivity index (χ0) is 26.4. The van der Waals surface area contributed by atoms with Crippen molar-refractivity contribution in [3.05, 3.63) is 69.6 Å².